The van der Waals surface area contributed by atoms with Crippen LogP contribution in [0.5, 0.6) is 0 Å². The summed E-state index contributed by atoms with van der Waals surface area (Å²) in [6.45, 7) is 10.7. The van der Waals surface area contributed by atoms with Crippen LogP contribution in [0.25, 0.3) is 0 Å². The van der Waals surface area contributed by atoms with Gasteiger partial charge in [-0.05, 0) is 44.5 Å². The lowest BCUT2D eigenvalue weighted by atomic mass is 10.00. The van der Waals surface area contributed by atoms with E-state index >= 15 is 0 Å². The van der Waals surface area contributed by atoms with Crippen LogP contribution >= 0.6 is 0 Å². The largest absolute Gasteiger partial charge is 0.355 e. The van der Waals surface area contributed by atoms with E-state index in [4.69, 9.17) is 0 Å². The highest BCUT2D eigenvalue weighted by atomic mass is 15.2. The van der Waals surface area contributed by atoms with Crippen molar-refractivity contribution in [2.75, 3.05) is 18.5 Å². The second kappa shape index (κ2) is 6.01. The molecule has 0 aliphatic carbocycles. The summed E-state index contributed by atoms with van der Waals surface area (Å²) in [6.07, 6.45) is 2.99. The summed E-state index contributed by atoms with van der Waals surface area (Å²) in [5.41, 5.74) is 1.43. The van der Waals surface area contributed by atoms with Crippen LogP contribution in [-0.4, -0.2) is 24.1 Å². The maximum absolute atomic E-state index is 4.46. The molecule has 1 aromatic rings. The zero-order valence-corrected chi connectivity index (χ0v) is 11.7. The van der Waals surface area contributed by atoms with E-state index in [1.165, 1.54) is 5.56 Å². The van der Waals surface area contributed by atoms with Crippen LogP contribution in [0.4, 0.5) is 5.82 Å². The van der Waals surface area contributed by atoms with Crippen LogP contribution in [0.15, 0.2) is 18.3 Å². The second-order valence-corrected chi connectivity index (χ2v) is 5.03. The quantitative estimate of drug-likeness (QED) is 0.822. The minimum Gasteiger partial charge on any atom is -0.355 e. The molecule has 0 saturated carbocycles. The van der Waals surface area contributed by atoms with Gasteiger partial charge in [-0.3, -0.25) is 0 Å². The van der Waals surface area contributed by atoms with Crippen LogP contribution in [0, 0.1) is 0 Å². The fourth-order valence-electron chi connectivity index (χ4n) is 1.57. The van der Waals surface area contributed by atoms with Gasteiger partial charge in [-0.25, -0.2) is 4.98 Å². The van der Waals surface area contributed by atoms with Gasteiger partial charge in [-0.2, -0.15) is 0 Å². The van der Waals surface area contributed by atoms with Crippen LogP contribution in [0.3, 0.4) is 0 Å². The number of nitrogens with one attached hydrogen (secondary N) is 1. The first-order chi connectivity index (χ1) is 8.01. The lowest BCUT2D eigenvalue weighted by molar-refractivity contribution is 0.467. The summed E-state index contributed by atoms with van der Waals surface area (Å²) in [6, 6.07) is 4.24. The zero-order valence-electron chi connectivity index (χ0n) is 11.7. The highest BCUT2D eigenvalue weighted by Crippen LogP contribution is 2.23. The van der Waals surface area contributed by atoms with Crippen molar-refractivity contribution in [1.29, 1.82) is 0 Å². The standard InChI is InChI=1S/C14H25N3/c1-6-14(3,4)17(5)13-10-12(8-9-16-13)11-15-7-2/h8-10,15H,6-7,11H2,1-5H3. The molecule has 1 rings (SSSR count). The number of hydrogen-bond donors (Lipinski definition) is 1. The predicted molar refractivity (Wildman–Crippen MR) is 74.4 cm³/mol. The maximum Gasteiger partial charge on any atom is 0.128 e. The first-order valence-corrected chi connectivity index (χ1v) is 6.40. The molecule has 0 spiro atoms. The summed E-state index contributed by atoms with van der Waals surface area (Å²) < 4.78 is 0. The average Bonchev–Trinajstić information content (AvgIpc) is 2.35. The first kappa shape index (κ1) is 14.0. The third-order valence-corrected chi connectivity index (χ3v) is 3.51. The monoisotopic (exact) mass is 235 g/mol. The summed E-state index contributed by atoms with van der Waals surface area (Å²) >= 11 is 0. The SMILES string of the molecule is CCNCc1ccnc(N(C)C(C)(C)CC)c1. The minimum absolute atomic E-state index is 0.143. The van der Waals surface area contributed by atoms with Crippen molar-refractivity contribution in [3.05, 3.63) is 23.9 Å². The summed E-state index contributed by atoms with van der Waals surface area (Å²) in [4.78, 5) is 6.71. The second-order valence-electron chi connectivity index (χ2n) is 5.03. The normalized spacial score (nSPS) is 11.6. The predicted octanol–water partition coefficient (Wildman–Crippen LogP) is 2.82. The molecule has 3 nitrogen and oxygen atoms in total. The van der Waals surface area contributed by atoms with Crippen molar-refractivity contribution >= 4 is 5.82 Å². The molecule has 96 valence electrons. The molecule has 0 radical (unpaired) electrons. The molecule has 0 aliphatic rings. The van der Waals surface area contributed by atoms with Gasteiger partial charge in [0.2, 0.25) is 0 Å². The molecule has 0 atom stereocenters. The first-order valence-electron chi connectivity index (χ1n) is 6.40. The Morgan fingerprint density at radius 3 is 2.65 bits per heavy atom. The van der Waals surface area contributed by atoms with Crippen molar-refractivity contribution in [3.63, 3.8) is 0 Å². The number of aromatic nitrogens is 1. The molecule has 0 aromatic carbocycles. The molecule has 3 heteroatoms. The fraction of sp³-hybridized carbons (Fsp3) is 0.643. The molecule has 1 aromatic heterocycles. The van der Waals surface area contributed by atoms with Gasteiger partial charge in [0, 0.05) is 25.3 Å². The Bertz CT molecular complexity index is 347. The molecule has 0 saturated heterocycles. The molecule has 0 bridgehead atoms. The number of nitrogens with zero attached hydrogens (tertiary/aromatic N) is 2. The van der Waals surface area contributed by atoms with E-state index in [0.717, 1.165) is 25.3 Å². The third kappa shape index (κ3) is 3.70. The van der Waals surface area contributed by atoms with Gasteiger partial charge in [0.25, 0.3) is 0 Å². The number of rotatable bonds is 6. The minimum atomic E-state index is 0.143. The Balaban J connectivity index is 2.84. The molecule has 1 N–H and O–H groups in total. The number of pyridine rings is 1. The zero-order chi connectivity index (χ0) is 12.9. The maximum atomic E-state index is 4.46. The third-order valence-electron chi connectivity index (χ3n) is 3.51. The van der Waals surface area contributed by atoms with Crippen molar-refractivity contribution in [2.24, 2.45) is 0 Å². The van der Waals surface area contributed by atoms with Gasteiger partial charge in [-0.15, -0.1) is 0 Å². The molecule has 0 aliphatic heterocycles. The molecule has 1 heterocycles. The lowest BCUT2D eigenvalue weighted by Gasteiger charge is -2.36. The Kier molecular flexibility index (Phi) is 4.94. The van der Waals surface area contributed by atoms with Crippen LogP contribution < -0.4 is 10.2 Å². The highest BCUT2D eigenvalue weighted by Gasteiger charge is 2.22. The average molecular weight is 235 g/mol. The Morgan fingerprint density at radius 1 is 1.35 bits per heavy atom. The summed E-state index contributed by atoms with van der Waals surface area (Å²) in [5.74, 6) is 1.05. The van der Waals surface area contributed by atoms with E-state index in [1.54, 1.807) is 0 Å². The fourth-order valence-corrected chi connectivity index (χ4v) is 1.57. The van der Waals surface area contributed by atoms with Crippen LogP contribution in [0.2, 0.25) is 0 Å². The smallest absolute Gasteiger partial charge is 0.128 e. The van der Waals surface area contributed by atoms with Crippen LogP contribution in [0.1, 0.15) is 39.7 Å². The Morgan fingerprint density at radius 2 is 2.06 bits per heavy atom. The molecular formula is C14H25N3. The van der Waals surface area contributed by atoms with Crippen molar-refractivity contribution < 1.29 is 0 Å². The molecule has 0 fully saturated rings. The van der Waals surface area contributed by atoms with Crippen LogP contribution in [-0.2, 0) is 6.54 Å². The Hall–Kier alpha value is -1.09. The number of anilines is 1. The van der Waals surface area contributed by atoms with Gasteiger partial charge in [0.1, 0.15) is 5.82 Å². The molecule has 0 amide bonds. The van der Waals surface area contributed by atoms with Crippen molar-refractivity contribution in [3.8, 4) is 0 Å². The van der Waals surface area contributed by atoms with Crippen molar-refractivity contribution in [1.82, 2.24) is 10.3 Å². The summed E-state index contributed by atoms with van der Waals surface area (Å²) in [5, 5.41) is 3.34. The Labute approximate surface area is 105 Å². The topological polar surface area (TPSA) is 28.2 Å². The van der Waals surface area contributed by atoms with E-state index in [9.17, 15) is 0 Å². The van der Waals surface area contributed by atoms with E-state index in [0.29, 0.717) is 0 Å². The van der Waals surface area contributed by atoms with E-state index < -0.39 is 0 Å². The molecule has 17 heavy (non-hydrogen) atoms. The van der Waals surface area contributed by atoms with Gasteiger partial charge in [-0.1, -0.05) is 13.8 Å². The molecular weight excluding hydrogens is 210 g/mol. The van der Waals surface area contributed by atoms with E-state index in [1.807, 2.05) is 6.20 Å². The van der Waals surface area contributed by atoms with Gasteiger partial charge in [0.05, 0.1) is 0 Å². The highest BCUT2D eigenvalue weighted by molar-refractivity contribution is 5.42. The van der Waals surface area contributed by atoms with E-state index in [2.05, 4.69) is 62.1 Å². The van der Waals surface area contributed by atoms with Gasteiger partial charge in [0.15, 0.2) is 0 Å². The molecule has 0 unspecified atom stereocenters. The lowest BCUT2D eigenvalue weighted by Crippen LogP contribution is -2.41. The van der Waals surface area contributed by atoms with E-state index in [-0.39, 0.29) is 5.54 Å². The summed E-state index contributed by atoms with van der Waals surface area (Å²) in [7, 11) is 2.11. The van der Waals surface area contributed by atoms with Gasteiger partial charge < -0.3 is 10.2 Å². The van der Waals surface area contributed by atoms with Gasteiger partial charge >= 0.3 is 0 Å². The van der Waals surface area contributed by atoms with Crippen molar-refractivity contribution in [2.45, 2.75) is 46.2 Å². The number of hydrogen-bond acceptors (Lipinski definition) is 3.